The Bertz CT molecular complexity index is 96.7. The molecule has 1 nitrogen and oxygen atoms in total. The van der Waals surface area contributed by atoms with E-state index in [1.807, 2.05) is 38.7 Å². The fourth-order valence-corrected chi connectivity index (χ4v) is 0.298. The van der Waals surface area contributed by atoms with Crippen molar-refractivity contribution in [1.82, 2.24) is 0 Å². The molecular formula is C9H20N+. The number of allylic oxidation sites excluding steroid dienone is 2. The van der Waals surface area contributed by atoms with Crippen LogP contribution in [0.25, 0.3) is 0 Å². The van der Waals surface area contributed by atoms with Crippen molar-refractivity contribution in [2.45, 2.75) is 27.7 Å². The van der Waals surface area contributed by atoms with Crippen molar-refractivity contribution in [2.24, 2.45) is 0 Å². The highest BCUT2D eigenvalue weighted by Crippen LogP contribution is 1.82. The highest BCUT2D eigenvalue weighted by atomic mass is 14.9. The van der Waals surface area contributed by atoms with Crippen molar-refractivity contribution in [2.75, 3.05) is 14.1 Å². The van der Waals surface area contributed by atoms with Gasteiger partial charge in [-0.25, -0.2) is 4.58 Å². The van der Waals surface area contributed by atoms with Crippen molar-refractivity contribution in [3.05, 3.63) is 11.6 Å². The maximum atomic E-state index is 2.08. The second kappa shape index (κ2) is 8.41. The van der Waals surface area contributed by atoms with E-state index in [9.17, 15) is 0 Å². The molecule has 0 bridgehead atoms. The monoisotopic (exact) mass is 142 g/mol. The minimum absolute atomic E-state index is 1.33. The van der Waals surface area contributed by atoms with Gasteiger partial charge in [0.05, 0.1) is 0 Å². The largest absolute Gasteiger partial charge is 0.241 e. The lowest BCUT2D eigenvalue weighted by Gasteiger charge is -1.80. The Hall–Kier alpha value is -0.590. The van der Waals surface area contributed by atoms with Crippen LogP contribution in [0.1, 0.15) is 27.7 Å². The lowest BCUT2D eigenvalue weighted by atomic mass is 10.3. The van der Waals surface area contributed by atoms with Crippen LogP contribution in [0.15, 0.2) is 11.6 Å². The molecule has 0 aliphatic carbocycles. The van der Waals surface area contributed by atoms with E-state index < -0.39 is 0 Å². The minimum atomic E-state index is 1.33. The quantitative estimate of drug-likeness (QED) is 0.390. The maximum Gasteiger partial charge on any atom is 0.162 e. The van der Waals surface area contributed by atoms with E-state index in [0.717, 1.165) is 0 Å². The Labute approximate surface area is 65.1 Å². The molecule has 0 N–H and O–H groups in total. The van der Waals surface area contributed by atoms with Crippen LogP contribution in [0.4, 0.5) is 0 Å². The molecule has 60 valence electrons. The van der Waals surface area contributed by atoms with Gasteiger partial charge in [0.15, 0.2) is 6.21 Å². The molecule has 0 aromatic carbocycles. The van der Waals surface area contributed by atoms with Gasteiger partial charge in [0, 0.05) is 0 Å². The van der Waals surface area contributed by atoms with Gasteiger partial charge in [-0.3, -0.25) is 0 Å². The SMILES string of the molecule is CC.CC(C)=CC=[N+](C)C. The summed E-state index contributed by atoms with van der Waals surface area (Å²) in [6.07, 6.45) is 4.12. The molecule has 0 saturated heterocycles. The first-order valence-corrected chi connectivity index (χ1v) is 3.77. The molecule has 0 aromatic rings. The molecule has 0 spiro atoms. The molecular weight excluding hydrogens is 122 g/mol. The van der Waals surface area contributed by atoms with E-state index in [1.165, 1.54) is 5.57 Å². The van der Waals surface area contributed by atoms with Gasteiger partial charge < -0.3 is 0 Å². The molecule has 0 aliphatic rings. The molecule has 0 aromatic heterocycles. The van der Waals surface area contributed by atoms with Crippen LogP contribution in [-0.4, -0.2) is 24.9 Å². The van der Waals surface area contributed by atoms with Gasteiger partial charge in [0.25, 0.3) is 0 Å². The van der Waals surface area contributed by atoms with Gasteiger partial charge in [-0.15, -0.1) is 0 Å². The Morgan fingerprint density at radius 3 is 1.60 bits per heavy atom. The number of hydrogen-bond donors (Lipinski definition) is 0. The molecule has 0 radical (unpaired) electrons. The average Bonchev–Trinajstić information content (AvgIpc) is 1.89. The van der Waals surface area contributed by atoms with E-state index >= 15 is 0 Å². The fraction of sp³-hybridized carbons (Fsp3) is 0.667. The van der Waals surface area contributed by atoms with Crippen LogP contribution in [0.3, 0.4) is 0 Å². The molecule has 10 heavy (non-hydrogen) atoms. The van der Waals surface area contributed by atoms with Gasteiger partial charge in [-0.1, -0.05) is 19.4 Å². The molecule has 0 fully saturated rings. The molecule has 0 heterocycles. The van der Waals surface area contributed by atoms with E-state index in [2.05, 4.69) is 19.9 Å². The van der Waals surface area contributed by atoms with Gasteiger partial charge in [0.1, 0.15) is 14.1 Å². The summed E-state index contributed by atoms with van der Waals surface area (Å²) in [5.74, 6) is 0. The zero-order chi connectivity index (χ0) is 8.57. The highest BCUT2D eigenvalue weighted by Gasteiger charge is 1.76. The summed E-state index contributed by atoms with van der Waals surface area (Å²) >= 11 is 0. The summed E-state index contributed by atoms with van der Waals surface area (Å²) in [6.45, 7) is 8.17. The van der Waals surface area contributed by atoms with Gasteiger partial charge in [0.2, 0.25) is 0 Å². The van der Waals surface area contributed by atoms with Crippen molar-refractivity contribution in [3.8, 4) is 0 Å². The second-order valence-electron chi connectivity index (χ2n) is 2.36. The second-order valence-corrected chi connectivity index (χ2v) is 2.36. The van der Waals surface area contributed by atoms with Crippen molar-refractivity contribution in [1.29, 1.82) is 0 Å². The lowest BCUT2D eigenvalue weighted by Crippen LogP contribution is -1.95. The van der Waals surface area contributed by atoms with Crippen LogP contribution < -0.4 is 0 Å². The Morgan fingerprint density at radius 1 is 1.10 bits per heavy atom. The predicted molar refractivity (Wildman–Crippen MR) is 49.0 cm³/mol. The third-order valence-electron chi connectivity index (χ3n) is 0.706. The average molecular weight is 142 g/mol. The summed E-state index contributed by atoms with van der Waals surface area (Å²) in [5, 5.41) is 0. The smallest absolute Gasteiger partial charge is 0.162 e. The first kappa shape index (κ1) is 12.1. The van der Waals surface area contributed by atoms with Crippen molar-refractivity contribution < 1.29 is 4.58 Å². The van der Waals surface area contributed by atoms with E-state index in [4.69, 9.17) is 0 Å². The van der Waals surface area contributed by atoms with E-state index in [0.29, 0.717) is 0 Å². The zero-order valence-corrected chi connectivity index (χ0v) is 8.10. The summed E-state index contributed by atoms with van der Waals surface area (Å²) < 4.78 is 2.02. The summed E-state index contributed by atoms with van der Waals surface area (Å²) in [6, 6.07) is 0. The van der Waals surface area contributed by atoms with Crippen LogP contribution in [0, 0.1) is 0 Å². The standard InChI is InChI=1S/C7H14N.C2H6/c1-7(2)5-6-8(3)4;1-2/h5-6H,1-4H3;1-2H3/q+1;. The number of hydrogen-bond acceptors (Lipinski definition) is 0. The van der Waals surface area contributed by atoms with Gasteiger partial charge in [-0.05, 0) is 19.9 Å². The number of nitrogens with zero attached hydrogens (tertiary/aromatic N) is 1. The Kier molecular flexibility index (Phi) is 10.2. The summed E-state index contributed by atoms with van der Waals surface area (Å²) in [5.41, 5.74) is 1.33. The van der Waals surface area contributed by atoms with E-state index in [-0.39, 0.29) is 0 Å². The van der Waals surface area contributed by atoms with Crippen LogP contribution in [0.2, 0.25) is 0 Å². The zero-order valence-electron chi connectivity index (χ0n) is 8.10. The molecule has 0 saturated carbocycles. The van der Waals surface area contributed by atoms with Crippen LogP contribution in [-0.2, 0) is 0 Å². The molecule has 0 unspecified atom stereocenters. The Balaban J connectivity index is 0. The van der Waals surface area contributed by atoms with E-state index in [1.54, 1.807) is 0 Å². The molecule has 0 aliphatic heterocycles. The fourth-order valence-electron chi connectivity index (χ4n) is 0.298. The summed E-state index contributed by atoms with van der Waals surface area (Å²) in [7, 11) is 4.03. The molecule has 0 atom stereocenters. The van der Waals surface area contributed by atoms with Gasteiger partial charge in [-0.2, -0.15) is 0 Å². The molecule has 1 heteroatoms. The normalized spacial score (nSPS) is 7.00. The third-order valence-corrected chi connectivity index (χ3v) is 0.706. The topological polar surface area (TPSA) is 3.01 Å². The maximum absolute atomic E-state index is 2.08. The van der Waals surface area contributed by atoms with Crippen LogP contribution >= 0.6 is 0 Å². The Morgan fingerprint density at radius 2 is 1.50 bits per heavy atom. The highest BCUT2D eigenvalue weighted by molar-refractivity contribution is 5.66. The van der Waals surface area contributed by atoms with Crippen molar-refractivity contribution in [3.63, 3.8) is 0 Å². The molecule has 0 rings (SSSR count). The molecule has 0 amide bonds. The number of rotatable bonds is 1. The first-order chi connectivity index (χ1) is 4.63. The third kappa shape index (κ3) is 15.7. The van der Waals surface area contributed by atoms with Crippen LogP contribution in [0.5, 0.6) is 0 Å². The minimum Gasteiger partial charge on any atom is -0.241 e. The predicted octanol–water partition coefficient (Wildman–Crippen LogP) is 2.32. The van der Waals surface area contributed by atoms with Gasteiger partial charge >= 0.3 is 0 Å². The van der Waals surface area contributed by atoms with Crippen molar-refractivity contribution >= 4 is 6.21 Å². The first-order valence-electron chi connectivity index (χ1n) is 3.77. The summed E-state index contributed by atoms with van der Waals surface area (Å²) in [4.78, 5) is 0. The lowest BCUT2D eigenvalue weighted by molar-refractivity contribution is -0.458.